The molecular formula is C28H27NO7. The van der Waals surface area contributed by atoms with Crippen LogP contribution in [0.5, 0.6) is 17.2 Å². The molecule has 0 radical (unpaired) electrons. The molecule has 1 amide bonds. The fraction of sp³-hybridized carbons (Fsp3) is 0.286. The lowest BCUT2D eigenvalue weighted by molar-refractivity contribution is -0.147. The average Bonchev–Trinajstić information content (AvgIpc) is 2.99. The molecule has 0 bridgehead atoms. The molecule has 2 aliphatic rings. The number of carboxylic acids is 1. The molecule has 3 atom stereocenters. The summed E-state index contributed by atoms with van der Waals surface area (Å²) in [6, 6.07) is 18.4. The Balaban J connectivity index is 1.77. The highest BCUT2D eigenvalue weighted by atomic mass is 16.5. The second kappa shape index (κ2) is 9.54. The van der Waals surface area contributed by atoms with Gasteiger partial charge in [-0.15, -0.1) is 0 Å². The van der Waals surface area contributed by atoms with E-state index in [1.165, 1.54) is 7.11 Å². The topological polar surface area (TPSA) is 94.5 Å². The highest BCUT2D eigenvalue weighted by molar-refractivity contribution is 6.02. The number of hydrogen-bond acceptors (Lipinski definition) is 6. The number of anilines is 1. The van der Waals surface area contributed by atoms with E-state index in [0.29, 0.717) is 34.1 Å². The van der Waals surface area contributed by atoms with Crippen LogP contribution in [0.1, 0.15) is 40.8 Å². The van der Waals surface area contributed by atoms with Crippen LogP contribution < -0.4 is 19.1 Å². The predicted octanol–water partition coefficient (Wildman–Crippen LogP) is 4.44. The number of aryl methyl sites for hydroxylation is 1. The van der Waals surface area contributed by atoms with Gasteiger partial charge in [0.15, 0.2) is 11.5 Å². The Morgan fingerprint density at radius 3 is 2.53 bits per heavy atom. The summed E-state index contributed by atoms with van der Waals surface area (Å²) in [6.07, 6.45) is -2.52. The molecule has 8 heteroatoms. The number of carboxylic acid groups (broad SMARTS) is 1. The number of hydrogen-bond donors (Lipinski definition) is 1. The van der Waals surface area contributed by atoms with Crippen LogP contribution in [0.15, 0.2) is 60.7 Å². The van der Waals surface area contributed by atoms with Crippen LogP contribution in [-0.2, 0) is 14.3 Å². The number of ether oxygens (including phenoxy) is 4. The maximum Gasteiger partial charge on any atom is 0.306 e. The molecule has 0 aromatic heterocycles. The second-order valence-corrected chi connectivity index (χ2v) is 8.83. The van der Waals surface area contributed by atoms with Gasteiger partial charge < -0.3 is 24.1 Å². The largest absolute Gasteiger partial charge is 0.493 e. The third-order valence-electron chi connectivity index (χ3n) is 6.55. The summed E-state index contributed by atoms with van der Waals surface area (Å²) in [5, 5.41) is 9.67. The van der Waals surface area contributed by atoms with E-state index in [0.717, 1.165) is 11.1 Å². The number of rotatable bonds is 6. The van der Waals surface area contributed by atoms with Gasteiger partial charge in [0, 0.05) is 11.1 Å². The summed E-state index contributed by atoms with van der Waals surface area (Å²) >= 11 is 0. The molecule has 36 heavy (non-hydrogen) atoms. The lowest BCUT2D eigenvalue weighted by Crippen LogP contribution is -2.46. The summed E-state index contributed by atoms with van der Waals surface area (Å²) in [5.74, 6) is -0.0499. The SMILES string of the molecule is COc1cccc([C@H]2O[C@H](CC(=O)O)C(=O)N3c4c(cc(C)cc42)OC[C@H]3c2ccccc2)c1OC. The first-order valence-electron chi connectivity index (χ1n) is 11.7. The predicted molar refractivity (Wildman–Crippen MR) is 132 cm³/mol. The van der Waals surface area contributed by atoms with Gasteiger partial charge in [-0.25, -0.2) is 0 Å². The van der Waals surface area contributed by atoms with Gasteiger partial charge in [0.2, 0.25) is 0 Å². The van der Waals surface area contributed by atoms with E-state index >= 15 is 0 Å². The van der Waals surface area contributed by atoms with E-state index in [1.807, 2.05) is 61.5 Å². The summed E-state index contributed by atoms with van der Waals surface area (Å²) in [4.78, 5) is 27.5. The molecule has 3 aromatic carbocycles. The van der Waals surface area contributed by atoms with Gasteiger partial charge in [0.25, 0.3) is 5.91 Å². The summed E-state index contributed by atoms with van der Waals surface area (Å²) in [5.41, 5.74) is 3.69. The van der Waals surface area contributed by atoms with Crippen molar-refractivity contribution in [1.82, 2.24) is 0 Å². The molecule has 8 nitrogen and oxygen atoms in total. The number of aliphatic carboxylic acids is 1. The zero-order valence-corrected chi connectivity index (χ0v) is 20.3. The van der Waals surface area contributed by atoms with Crippen molar-refractivity contribution in [2.45, 2.75) is 31.6 Å². The van der Waals surface area contributed by atoms with E-state index in [4.69, 9.17) is 18.9 Å². The van der Waals surface area contributed by atoms with Crippen molar-refractivity contribution in [3.05, 3.63) is 82.9 Å². The number of amides is 1. The standard InChI is InChI=1S/C28H27NO7/c1-16-12-19-25-22(13-16)35-15-20(17-8-5-4-6-9-17)29(25)28(32)23(14-24(30)31)36-26(19)18-10-7-11-21(33-2)27(18)34-3/h4-13,20,23,26H,14-15H2,1-3H3,(H,30,31)/t20-,23+,26+/m0/s1. The zero-order chi connectivity index (χ0) is 25.4. The van der Waals surface area contributed by atoms with Gasteiger partial charge in [-0.2, -0.15) is 0 Å². The van der Waals surface area contributed by atoms with Crippen LogP contribution in [0.2, 0.25) is 0 Å². The van der Waals surface area contributed by atoms with Crippen LogP contribution in [0.4, 0.5) is 5.69 Å². The minimum absolute atomic E-state index is 0.235. The van der Waals surface area contributed by atoms with Crippen LogP contribution in [0.25, 0.3) is 0 Å². The van der Waals surface area contributed by atoms with Crippen LogP contribution >= 0.6 is 0 Å². The van der Waals surface area contributed by atoms with Crippen molar-refractivity contribution < 1.29 is 33.6 Å². The minimum Gasteiger partial charge on any atom is -0.493 e. The van der Waals surface area contributed by atoms with Gasteiger partial charge in [0.1, 0.15) is 24.6 Å². The van der Waals surface area contributed by atoms with E-state index in [1.54, 1.807) is 18.1 Å². The summed E-state index contributed by atoms with van der Waals surface area (Å²) in [6.45, 7) is 2.17. The third kappa shape index (κ3) is 4.03. The summed E-state index contributed by atoms with van der Waals surface area (Å²) in [7, 11) is 3.07. The van der Waals surface area contributed by atoms with Crippen molar-refractivity contribution in [2.24, 2.45) is 0 Å². The molecule has 2 heterocycles. The molecule has 186 valence electrons. The van der Waals surface area contributed by atoms with Gasteiger partial charge in [-0.1, -0.05) is 48.5 Å². The van der Waals surface area contributed by atoms with E-state index < -0.39 is 36.5 Å². The maximum absolute atomic E-state index is 14.0. The Bertz CT molecular complexity index is 1310. The lowest BCUT2D eigenvalue weighted by Gasteiger charge is -2.38. The van der Waals surface area contributed by atoms with Crippen molar-refractivity contribution in [3.8, 4) is 17.2 Å². The lowest BCUT2D eigenvalue weighted by atomic mass is 9.94. The van der Waals surface area contributed by atoms with Crippen LogP contribution in [0, 0.1) is 6.92 Å². The normalized spacial score (nSPS) is 20.7. The molecule has 0 unspecified atom stereocenters. The second-order valence-electron chi connectivity index (χ2n) is 8.83. The molecule has 1 N–H and O–H groups in total. The van der Waals surface area contributed by atoms with E-state index in [-0.39, 0.29) is 6.61 Å². The minimum atomic E-state index is -1.23. The van der Waals surface area contributed by atoms with Gasteiger partial charge >= 0.3 is 5.97 Å². The highest BCUT2D eigenvalue weighted by Gasteiger charge is 2.45. The van der Waals surface area contributed by atoms with E-state index in [9.17, 15) is 14.7 Å². The number of benzene rings is 3. The Labute approximate surface area is 209 Å². The molecular weight excluding hydrogens is 462 g/mol. The monoisotopic (exact) mass is 489 g/mol. The Morgan fingerprint density at radius 1 is 1.06 bits per heavy atom. The van der Waals surface area contributed by atoms with Crippen molar-refractivity contribution in [3.63, 3.8) is 0 Å². The molecule has 0 fully saturated rings. The van der Waals surface area contributed by atoms with Crippen LogP contribution in [-0.4, -0.2) is 43.9 Å². The Hall–Kier alpha value is -4.04. The number of para-hydroxylation sites is 1. The average molecular weight is 490 g/mol. The first kappa shape index (κ1) is 23.7. The first-order chi connectivity index (χ1) is 17.4. The maximum atomic E-state index is 14.0. The van der Waals surface area contributed by atoms with Crippen molar-refractivity contribution in [2.75, 3.05) is 25.7 Å². The number of methoxy groups -OCH3 is 2. The fourth-order valence-corrected chi connectivity index (χ4v) is 5.03. The number of carbonyl (C=O) groups is 2. The highest BCUT2D eigenvalue weighted by Crippen LogP contribution is 2.51. The van der Waals surface area contributed by atoms with Crippen molar-refractivity contribution in [1.29, 1.82) is 0 Å². The molecule has 0 saturated heterocycles. The molecule has 0 saturated carbocycles. The van der Waals surface area contributed by atoms with Gasteiger partial charge in [-0.3, -0.25) is 14.5 Å². The smallest absolute Gasteiger partial charge is 0.306 e. The third-order valence-corrected chi connectivity index (χ3v) is 6.55. The molecule has 3 aromatic rings. The fourth-order valence-electron chi connectivity index (χ4n) is 5.03. The Kier molecular flexibility index (Phi) is 6.28. The van der Waals surface area contributed by atoms with Crippen LogP contribution in [0.3, 0.4) is 0 Å². The molecule has 5 rings (SSSR count). The van der Waals surface area contributed by atoms with Gasteiger partial charge in [-0.05, 0) is 30.2 Å². The quantitative estimate of drug-likeness (QED) is 0.547. The van der Waals surface area contributed by atoms with Gasteiger partial charge in [0.05, 0.1) is 32.4 Å². The first-order valence-corrected chi connectivity index (χ1v) is 11.7. The molecule has 2 aliphatic heterocycles. The van der Waals surface area contributed by atoms with E-state index in [2.05, 4.69) is 0 Å². The molecule has 0 spiro atoms. The molecule has 0 aliphatic carbocycles. The Morgan fingerprint density at radius 2 is 1.83 bits per heavy atom. The summed E-state index contributed by atoms with van der Waals surface area (Å²) < 4.78 is 23.8. The van der Waals surface area contributed by atoms with Crippen molar-refractivity contribution >= 4 is 17.6 Å². The zero-order valence-electron chi connectivity index (χ0n) is 20.3. The number of carbonyl (C=O) groups excluding carboxylic acids is 1. The number of nitrogens with zero attached hydrogens (tertiary/aromatic N) is 1.